The van der Waals surface area contributed by atoms with Gasteiger partial charge in [-0.1, -0.05) is 6.07 Å². The van der Waals surface area contributed by atoms with Crippen LogP contribution in [0.1, 0.15) is 24.4 Å². The molecule has 1 atom stereocenters. The predicted octanol–water partition coefficient (Wildman–Crippen LogP) is 3.97. The van der Waals surface area contributed by atoms with Crippen LogP contribution in [0.2, 0.25) is 0 Å². The number of nitrogens with one attached hydrogen (secondary N) is 1. The molecule has 140 valence electrons. The second kappa shape index (κ2) is 10.3. The summed E-state index contributed by atoms with van der Waals surface area (Å²) in [5, 5.41) is 3.17. The van der Waals surface area contributed by atoms with Gasteiger partial charge in [-0.3, -0.25) is 4.90 Å². The first-order valence-corrected chi connectivity index (χ1v) is 7.25. The molecule has 0 bridgehead atoms. The Morgan fingerprint density at radius 3 is 2.33 bits per heavy atom. The van der Waals surface area contributed by atoms with E-state index >= 15 is 0 Å². The molecule has 1 fully saturated rings. The first-order chi connectivity index (χ1) is 10.4. The fraction of sp³-hybridized carbons (Fsp3) is 0.600. The Kier molecular flexibility index (Phi) is 9.96. The number of piperazine rings is 1. The van der Waals surface area contributed by atoms with Crippen LogP contribution in [0, 0.1) is 5.82 Å². The van der Waals surface area contributed by atoms with Crippen molar-refractivity contribution < 1.29 is 22.3 Å². The minimum atomic E-state index is -4.21. The monoisotopic (exact) mass is 392 g/mol. The highest BCUT2D eigenvalue weighted by atomic mass is 35.5. The fourth-order valence-corrected chi connectivity index (χ4v) is 2.74. The molecule has 0 spiro atoms. The van der Waals surface area contributed by atoms with Gasteiger partial charge in [0.25, 0.3) is 0 Å². The molecule has 1 aromatic rings. The zero-order valence-electron chi connectivity index (χ0n) is 13.2. The number of ether oxygens (including phenoxy) is 1. The molecule has 1 heterocycles. The van der Waals surface area contributed by atoms with Crippen LogP contribution in [0.25, 0.3) is 0 Å². The number of alkyl halides is 3. The summed E-state index contributed by atoms with van der Waals surface area (Å²) >= 11 is 0. The molecule has 24 heavy (non-hydrogen) atoms. The van der Waals surface area contributed by atoms with Crippen LogP contribution in [0.3, 0.4) is 0 Å². The Bertz CT molecular complexity index is 497. The topological polar surface area (TPSA) is 24.5 Å². The van der Waals surface area contributed by atoms with E-state index in [4.69, 9.17) is 4.74 Å². The van der Waals surface area contributed by atoms with Crippen LogP contribution < -0.4 is 10.1 Å². The van der Waals surface area contributed by atoms with Gasteiger partial charge in [0.05, 0.1) is 7.11 Å². The Morgan fingerprint density at radius 1 is 1.21 bits per heavy atom. The molecule has 9 heteroatoms. The Labute approximate surface area is 151 Å². The van der Waals surface area contributed by atoms with Crippen molar-refractivity contribution in [2.24, 2.45) is 0 Å². The number of nitrogens with zero attached hydrogens (tertiary/aromatic N) is 1. The van der Waals surface area contributed by atoms with Crippen LogP contribution in [-0.2, 0) is 0 Å². The third-order valence-electron chi connectivity index (χ3n) is 3.85. The second-order valence-corrected chi connectivity index (χ2v) is 5.35. The Balaban J connectivity index is 0.00000264. The van der Waals surface area contributed by atoms with E-state index in [1.807, 2.05) is 4.90 Å². The molecule has 1 N–H and O–H groups in total. The molecule has 1 aromatic carbocycles. The summed E-state index contributed by atoms with van der Waals surface area (Å²) in [6.45, 7) is 2.74. The largest absolute Gasteiger partial charge is 0.494 e. The maximum atomic E-state index is 13.9. The Hall–Kier alpha value is -0.760. The van der Waals surface area contributed by atoms with Gasteiger partial charge >= 0.3 is 6.18 Å². The molecule has 0 unspecified atom stereocenters. The maximum Gasteiger partial charge on any atom is 0.389 e. The molecule has 1 aliphatic heterocycles. The number of rotatable bonds is 5. The van der Waals surface area contributed by atoms with Gasteiger partial charge < -0.3 is 10.1 Å². The number of hydrogen-bond acceptors (Lipinski definition) is 3. The highest BCUT2D eigenvalue weighted by Crippen LogP contribution is 2.33. The number of hydrogen-bond donors (Lipinski definition) is 1. The van der Waals surface area contributed by atoms with Gasteiger partial charge in [-0.05, 0) is 24.1 Å². The van der Waals surface area contributed by atoms with Crippen molar-refractivity contribution in [2.75, 3.05) is 33.3 Å². The average Bonchev–Trinajstić information content (AvgIpc) is 2.47. The van der Waals surface area contributed by atoms with Gasteiger partial charge in [0, 0.05) is 38.6 Å². The first kappa shape index (κ1) is 23.2. The lowest BCUT2D eigenvalue weighted by atomic mass is 9.99. The number of methoxy groups -OCH3 is 1. The SMILES string of the molecule is COc1ccc([C@H](CCC(F)(F)F)N2CCNCC2)cc1F.Cl.Cl. The summed E-state index contributed by atoms with van der Waals surface area (Å²) < 4.78 is 56.5. The van der Waals surface area contributed by atoms with Gasteiger partial charge in [-0.15, -0.1) is 24.8 Å². The lowest BCUT2D eigenvalue weighted by Gasteiger charge is -2.35. The van der Waals surface area contributed by atoms with Crippen molar-refractivity contribution in [1.29, 1.82) is 0 Å². The molecular formula is C15H22Cl2F4N2O. The van der Waals surface area contributed by atoms with E-state index in [-0.39, 0.29) is 37.0 Å². The van der Waals surface area contributed by atoms with E-state index in [1.54, 1.807) is 6.07 Å². The lowest BCUT2D eigenvalue weighted by Crippen LogP contribution is -2.45. The third-order valence-corrected chi connectivity index (χ3v) is 3.85. The van der Waals surface area contributed by atoms with Gasteiger partial charge in [0.15, 0.2) is 11.6 Å². The van der Waals surface area contributed by atoms with Gasteiger partial charge in [-0.2, -0.15) is 13.2 Å². The standard InChI is InChI=1S/C15H20F4N2O.2ClH/c1-22-14-3-2-11(10-12(14)16)13(4-5-15(17,18)19)21-8-6-20-7-9-21;;/h2-3,10,13,20H,4-9H2,1H3;2*1H/t13-;;/m0../s1. The minimum absolute atomic E-state index is 0. The van der Waals surface area contributed by atoms with Crippen LogP contribution >= 0.6 is 24.8 Å². The van der Waals surface area contributed by atoms with Crippen molar-refractivity contribution in [3.8, 4) is 5.75 Å². The summed E-state index contributed by atoms with van der Waals surface area (Å²) in [7, 11) is 1.36. The average molecular weight is 393 g/mol. The highest BCUT2D eigenvalue weighted by molar-refractivity contribution is 5.85. The zero-order valence-corrected chi connectivity index (χ0v) is 14.9. The smallest absolute Gasteiger partial charge is 0.389 e. The van der Waals surface area contributed by atoms with Crippen LogP contribution in [0.5, 0.6) is 5.75 Å². The summed E-state index contributed by atoms with van der Waals surface area (Å²) in [6.07, 6.45) is -5.16. The molecule has 0 aliphatic carbocycles. The molecule has 1 aliphatic rings. The zero-order chi connectivity index (χ0) is 16.2. The molecule has 0 radical (unpaired) electrons. The van der Waals surface area contributed by atoms with Crippen LogP contribution in [0.4, 0.5) is 17.6 Å². The summed E-state index contributed by atoms with van der Waals surface area (Å²) in [5.74, 6) is -0.453. The van der Waals surface area contributed by atoms with Crippen molar-refractivity contribution in [3.05, 3.63) is 29.6 Å². The minimum Gasteiger partial charge on any atom is -0.494 e. The maximum absolute atomic E-state index is 13.9. The molecular weight excluding hydrogens is 371 g/mol. The van der Waals surface area contributed by atoms with E-state index in [0.717, 1.165) is 13.1 Å². The Morgan fingerprint density at radius 2 is 1.83 bits per heavy atom. The van der Waals surface area contributed by atoms with E-state index in [2.05, 4.69) is 5.32 Å². The number of halogens is 6. The molecule has 0 saturated carbocycles. The number of benzene rings is 1. The van der Waals surface area contributed by atoms with E-state index in [0.29, 0.717) is 18.7 Å². The van der Waals surface area contributed by atoms with Crippen LogP contribution in [-0.4, -0.2) is 44.4 Å². The second-order valence-electron chi connectivity index (χ2n) is 5.35. The lowest BCUT2D eigenvalue weighted by molar-refractivity contribution is -0.138. The first-order valence-electron chi connectivity index (χ1n) is 7.25. The quantitative estimate of drug-likeness (QED) is 0.767. The van der Waals surface area contributed by atoms with Crippen molar-refractivity contribution >= 4 is 24.8 Å². The van der Waals surface area contributed by atoms with E-state index < -0.39 is 24.5 Å². The highest BCUT2D eigenvalue weighted by Gasteiger charge is 2.31. The molecule has 0 amide bonds. The predicted molar refractivity (Wildman–Crippen MR) is 89.9 cm³/mol. The van der Waals surface area contributed by atoms with E-state index in [1.165, 1.54) is 19.2 Å². The summed E-state index contributed by atoms with van der Waals surface area (Å²) in [4.78, 5) is 1.98. The van der Waals surface area contributed by atoms with Crippen molar-refractivity contribution in [3.63, 3.8) is 0 Å². The normalized spacial score (nSPS) is 16.7. The third kappa shape index (κ3) is 6.63. The molecule has 2 rings (SSSR count). The van der Waals surface area contributed by atoms with Gasteiger partial charge in [0.1, 0.15) is 0 Å². The van der Waals surface area contributed by atoms with Crippen molar-refractivity contribution in [1.82, 2.24) is 10.2 Å². The summed E-state index contributed by atoms with van der Waals surface area (Å²) in [5.41, 5.74) is 0.560. The van der Waals surface area contributed by atoms with Crippen LogP contribution in [0.15, 0.2) is 18.2 Å². The molecule has 3 nitrogen and oxygen atoms in total. The van der Waals surface area contributed by atoms with Crippen molar-refractivity contribution in [2.45, 2.75) is 25.1 Å². The summed E-state index contributed by atoms with van der Waals surface area (Å²) in [6, 6.07) is 3.95. The van der Waals surface area contributed by atoms with E-state index in [9.17, 15) is 17.6 Å². The fourth-order valence-electron chi connectivity index (χ4n) is 2.74. The van der Waals surface area contributed by atoms with Gasteiger partial charge in [0.2, 0.25) is 0 Å². The van der Waals surface area contributed by atoms with Gasteiger partial charge in [-0.25, -0.2) is 4.39 Å². The molecule has 0 aromatic heterocycles. The molecule has 1 saturated heterocycles.